The molecule has 0 unspecified atom stereocenters. The van der Waals surface area contributed by atoms with Gasteiger partial charge in [-0.1, -0.05) is 28.9 Å². The zero-order chi connectivity index (χ0) is 23.5. The minimum Gasteiger partial charge on any atom is -0.495 e. The molecular formula is C23H24ClN7O2S. The van der Waals surface area contributed by atoms with E-state index in [0.717, 1.165) is 43.2 Å². The van der Waals surface area contributed by atoms with E-state index in [0.29, 0.717) is 34.7 Å². The van der Waals surface area contributed by atoms with Crippen LogP contribution in [-0.2, 0) is 13.2 Å². The third-order valence-electron chi connectivity index (χ3n) is 5.81. The SMILES string of the molecule is COc1ccccc1-n1cnn(CN2CCN(Cc3nc(-c4ccc(Cl)cc4)no3)CC2)c1=S. The Kier molecular flexibility index (Phi) is 6.73. The number of methoxy groups -OCH3 is 1. The standard InChI is InChI=1S/C23H24ClN7O2S/c1-32-20-5-3-2-4-19(20)30-15-25-31(23(30)34)16-29-12-10-28(11-13-29)14-21-26-22(27-33-21)17-6-8-18(24)9-7-17/h2-9,15H,10-14,16H2,1H3. The van der Waals surface area contributed by atoms with Crippen LogP contribution in [0.2, 0.25) is 5.02 Å². The first kappa shape index (κ1) is 22.7. The molecular weight excluding hydrogens is 474 g/mol. The summed E-state index contributed by atoms with van der Waals surface area (Å²) in [6, 6.07) is 15.2. The molecule has 0 N–H and O–H groups in total. The van der Waals surface area contributed by atoms with E-state index >= 15 is 0 Å². The van der Waals surface area contributed by atoms with E-state index in [1.165, 1.54) is 0 Å². The van der Waals surface area contributed by atoms with Crippen molar-refractivity contribution in [2.45, 2.75) is 13.2 Å². The van der Waals surface area contributed by atoms with Gasteiger partial charge in [0.15, 0.2) is 0 Å². The summed E-state index contributed by atoms with van der Waals surface area (Å²) in [4.78, 5) is 9.17. The normalized spacial score (nSPS) is 15.0. The highest BCUT2D eigenvalue weighted by Gasteiger charge is 2.20. The number of nitrogens with zero attached hydrogens (tertiary/aromatic N) is 7. The summed E-state index contributed by atoms with van der Waals surface area (Å²) in [5.74, 6) is 1.94. The second kappa shape index (κ2) is 10.1. The number of aromatic nitrogens is 5. The molecule has 0 aliphatic carbocycles. The highest BCUT2D eigenvalue weighted by Crippen LogP contribution is 2.22. The molecule has 0 bridgehead atoms. The van der Waals surface area contributed by atoms with Gasteiger partial charge in [0.25, 0.3) is 0 Å². The van der Waals surface area contributed by atoms with Gasteiger partial charge in [-0.2, -0.15) is 10.1 Å². The van der Waals surface area contributed by atoms with Crippen molar-refractivity contribution in [1.29, 1.82) is 0 Å². The molecule has 34 heavy (non-hydrogen) atoms. The first-order valence-corrected chi connectivity index (χ1v) is 11.7. The zero-order valence-corrected chi connectivity index (χ0v) is 20.2. The number of ether oxygens (including phenoxy) is 1. The maximum absolute atomic E-state index is 5.95. The highest BCUT2D eigenvalue weighted by molar-refractivity contribution is 7.71. The Morgan fingerprint density at radius 1 is 1.03 bits per heavy atom. The summed E-state index contributed by atoms with van der Waals surface area (Å²) in [6.45, 7) is 4.81. The van der Waals surface area contributed by atoms with E-state index < -0.39 is 0 Å². The van der Waals surface area contributed by atoms with Gasteiger partial charge in [0.1, 0.15) is 12.1 Å². The zero-order valence-electron chi connectivity index (χ0n) is 18.7. The molecule has 1 fully saturated rings. The van der Waals surface area contributed by atoms with Gasteiger partial charge in [-0.3, -0.25) is 14.4 Å². The van der Waals surface area contributed by atoms with Crippen LogP contribution >= 0.6 is 23.8 Å². The van der Waals surface area contributed by atoms with Crippen molar-refractivity contribution in [3.05, 3.63) is 70.5 Å². The summed E-state index contributed by atoms with van der Waals surface area (Å²) >= 11 is 11.6. The number of benzene rings is 2. The van der Waals surface area contributed by atoms with E-state index in [9.17, 15) is 0 Å². The lowest BCUT2D eigenvalue weighted by molar-refractivity contribution is 0.0908. The fraction of sp³-hybridized carbons (Fsp3) is 0.304. The summed E-state index contributed by atoms with van der Waals surface area (Å²) in [5.41, 5.74) is 1.76. The largest absolute Gasteiger partial charge is 0.495 e. The van der Waals surface area contributed by atoms with E-state index in [4.69, 9.17) is 33.1 Å². The Morgan fingerprint density at radius 3 is 2.53 bits per heavy atom. The van der Waals surface area contributed by atoms with Crippen LogP contribution in [-0.4, -0.2) is 67.6 Å². The van der Waals surface area contributed by atoms with Crippen LogP contribution in [0.3, 0.4) is 0 Å². The summed E-state index contributed by atoms with van der Waals surface area (Å²) in [5, 5.41) is 9.29. The lowest BCUT2D eigenvalue weighted by atomic mass is 10.2. The Bertz CT molecular complexity index is 1310. The maximum Gasteiger partial charge on any atom is 0.241 e. The van der Waals surface area contributed by atoms with Gasteiger partial charge in [0.2, 0.25) is 16.5 Å². The fourth-order valence-corrected chi connectivity index (χ4v) is 4.31. The lowest BCUT2D eigenvalue weighted by Crippen LogP contribution is -2.46. The molecule has 1 aliphatic rings. The second-order valence-electron chi connectivity index (χ2n) is 8.01. The van der Waals surface area contributed by atoms with E-state index in [1.807, 2.05) is 57.8 Å². The molecule has 2 aromatic carbocycles. The lowest BCUT2D eigenvalue weighted by Gasteiger charge is -2.33. The molecule has 5 rings (SSSR count). The summed E-state index contributed by atoms with van der Waals surface area (Å²) < 4.78 is 15.3. The predicted octanol–water partition coefficient (Wildman–Crippen LogP) is 3.89. The maximum atomic E-state index is 5.95. The van der Waals surface area contributed by atoms with Crippen molar-refractivity contribution in [3.63, 3.8) is 0 Å². The molecule has 176 valence electrons. The van der Waals surface area contributed by atoms with Gasteiger partial charge in [-0.25, -0.2) is 4.68 Å². The molecule has 9 nitrogen and oxygen atoms in total. The number of hydrogen-bond acceptors (Lipinski definition) is 8. The second-order valence-corrected chi connectivity index (χ2v) is 8.81. The van der Waals surface area contributed by atoms with Crippen LogP contribution < -0.4 is 4.74 Å². The van der Waals surface area contributed by atoms with E-state index in [1.54, 1.807) is 13.4 Å². The van der Waals surface area contributed by atoms with Crippen LogP contribution in [0.15, 0.2) is 59.4 Å². The molecule has 0 saturated carbocycles. The topological polar surface area (TPSA) is 77.4 Å². The first-order valence-electron chi connectivity index (χ1n) is 10.9. The van der Waals surface area contributed by atoms with Crippen molar-refractivity contribution in [1.82, 2.24) is 34.3 Å². The van der Waals surface area contributed by atoms with E-state index in [2.05, 4.69) is 25.0 Å². The van der Waals surface area contributed by atoms with Gasteiger partial charge >= 0.3 is 0 Å². The minimum atomic E-state index is 0.574. The van der Waals surface area contributed by atoms with Gasteiger partial charge in [0.05, 0.1) is 26.0 Å². The number of para-hydroxylation sites is 2. The van der Waals surface area contributed by atoms with Crippen molar-refractivity contribution in [3.8, 4) is 22.8 Å². The third-order valence-corrected chi connectivity index (χ3v) is 6.47. The van der Waals surface area contributed by atoms with Gasteiger partial charge < -0.3 is 9.26 Å². The average molecular weight is 498 g/mol. The van der Waals surface area contributed by atoms with E-state index in [-0.39, 0.29) is 0 Å². The molecule has 11 heteroatoms. The predicted molar refractivity (Wildman–Crippen MR) is 131 cm³/mol. The quantitative estimate of drug-likeness (QED) is 0.356. The van der Waals surface area contributed by atoms with Gasteiger partial charge in [0, 0.05) is 36.8 Å². The number of hydrogen-bond donors (Lipinski definition) is 0. The Morgan fingerprint density at radius 2 is 1.76 bits per heavy atom. The Labute approximate surface area is 207 Å². The van der Waals surface area contributed by atoms with Crippen LogP contribution in [0.4, 0.5) is 0 Å². The van der Waals surface area contributed by atoms with Crippen molar-refractivity contribution >= 4 is 23.8 Å². The molecule has 0 radical (unpaired) electrons. The van der Waals surface area contributed by atoms with Crippen molar-refractivity contribution in [2.24, 2.45) is 0 Å². The average Bonchev–Trinajstić information content (AvgIpc) is 3.47. The van der Waals surface area contributed by atoms with Crippen LogP contribution in [0.5, 0.6) is 5.75 Å². The third kappa shape index (κ3) is 4.90. The highest BCUT2D eigenvalue weighted by atomic mass is 35.5. The van der Waals surface area contributed by atoms with Gasteiger partial charge in [-0.15, -0.1) is 0 Å². The van der Waals surface area contributed by atoms with Crippen LogP contribution in [0.1, 0.15) is 5.89 Å². The monoisotopic (exact) mass is 497 g/mol. The fourth-order valence-electron chi connectivity index (χ4n) is 3.93. The van der Waals surface area contributed by atoms with Crippen molar-refractivity contribution < 1.29 is 9.26 Å². The Balaban J connectivity index is 1.17. The molecule has 1 saturated heterocycles. The minimum absolute atomic E-state index is 0.574. The molecule has 1 aliphatic heterocycles. The summed E-state index contributed by atoms with van der Waals surface area (Å²) in [7, 11) is 1.65. The molecule has 2 aromatic heterocycles. The van der Waals surface area contributed by atoms with Crippen molar-refractivity contribution in [2.75, 3.05) is 33.3 Å². The molecule has 0 spiro atoms. The molecule has 0 amide bonds. The van der Waals surface area contributed by atoms with Crippen LogP contribution in [0.25, 0.3) is 17.1 Å². The number of rotatable bonds is 7. The van der Waals surface area contributed by atoms with Gasteiger partial charge in [-0.05, 0) is 48.6 Å². The number of halogens is 1. The van der Waals surface area contributed by atoms with Crippen LogP contribution in [0, 0.1) is 4.77 Å². The molecule has 0 atom stereocenters. The molecule has 3 heterocycles. The number of piperazine rings is 1. The molecule has 4 aromatic rings. The summed E-state index contributed by atoms with van der Waals surface area (Å²) in [6.07, 6.45) is 1.74. The Hall–Kier alpha value is -3.05. The smallest absolute Gasteiger partial charge is 0.241 e. The first-order chi connectivity index (χ1) is 16.6.